The highest BCUT2D eigenvalue weighted by molar-refractivity contribution is 6.30. The number of carbonyl (C=O) groups excluding carboxylic acids is 3. The quantitative estimate of drug-likeness (QED) is 0.135. The number of halogens is 1. The van der Waals surface area contributed by atoms with E-state index in [2.05, 4.69) is 15.8 Å². The largest absolute Gasteiger partial charge is 0.497 e. The second-order valence-corrected chi connectivity index (χ2v) is 8.34. The third kappa shape index (κ3) is 6.83. The van der Waals surface area contributed by atoms with Gasteiger partial charge in [-0.2, -0.15) is 5.10 Å². The zero-order valence-corrected chi connectivity index (χ0v) is 20.9. The van der Waals surface area contributed by atoms with E-state index in [1.165, 1.54) is 19.4 Å². The number of esters is 1. The molecule has 0 aliphatic carbocycles. The second kappa shape index (κ2) is 12.3. The molecule has 4 aromatic rings. The van der Waals surface area contributed by atoms with Gasteiger partial charge in [-0.05, 0) is 72.8 Å². The first-order valence-corrected chi connectivity index (χ1v) is 11.8. The van der Waals surface area contributed by atoms with E-state index in [1.807, 2.05) is 0 Å². The fraction of sp³-hybridized carbons (Fsp3) is 0.0345. The van der Waals surface area contributed by atoms with E-state index in [-0.39, 0.29) is 17.2 Å². The fourth-order valence-electron chi connectivity index (χ4n) is 3.36. The number of rotatable bonds is 8. The van der Waals surface area contributed by atoms with E-state index in [0.29, 0.717) is 33.1 Å². The number of nitrogens with one attached hydrogen (secondary N) is 2. The number of benzene rings is 4. The molecule has 2 amide bonds. The number of amides is 2. The minimum Gasteiger partial charge on any atom is -0.497 e. The monoisotopic (exact) mass is 527 g/mol. The highest BCUT2D eigenvalue weighted by Gasteiger charge is 2.12. The predicted molar refractivity (Wildman–Crippen MR) is 145 cm³/mol. The minimum absolute atomic E-state index is 0.271. The number of hydrogen-bond donors (Lipinski definition) is 2. The van der Waals surface area contributed by atoms with Gasteiger partial charge in [0, 0.05) is 27.4 Å². The molecule has 190 valence electrons. The van der Waals surface area contributed by atoms with Crippen molar-refractivity contribution in [3.05, 3.63) is 124 Å². The topological polar surface area (TPSA) is 106 Å². The van der Waals surface area contributed by atoms with Gasteiger partial charge in [0.15, 0.2) is 0 Å². The van der Waals surface area contributed by atoms with Crippen molar-refractivity contribution in [2.45, 2.75) is 0 Å². The summed E-state index contributed by atoms with van der Waals surface area (Å²) in [6.45, 7) is 0. The third-order valence-corrected chi connectivity index (χ3v) is 5.54. The summed E-state index contributed by atoms with van der Waals surface area (Å²) in [5.41, 5.74) is 4.40. The summed E-state index contributed by atoms with van der Waals surface area (Å²) < 4.78 is 10.6. The van der Waals surface area contributed by atoms with Crippen LogP contribution in [0.2, 0.25) is 5.02 Å². The van der Waals surface area contributed by atoms with Crippen LogP contribution >= 0.6 is 11.6 Å². The van der Waals surface area contributed by atoms with Crippen LogP contribution in [0.4, 0.5) is 5.69 Å². The lowest BCUT2D eigenvalue weighted by molar-refractivity contribution is 0.0734. The number of carbonyl (C=O) groups is 3. The van der Waals surface area contributed by atoms with Crippen molar-refractivity contribution in [2.75, 3.05) is 12.4 Å². The molecule has 0 unspecified atom stereocenters. The van der Waals surface area contributed by atoms with Crippen LogP contribution in [0.1, 0.15) is 36.6 Å². The Morgan fingerprint density at radius 1 is 0.789 bits per heavy atom. The number of nitrogens with zero attached hydrogens (tertiary/aromatic N) is 1. The van der Waals surface area contributed by atoms with Gasteiger partial charge in [0.05, 0.1) is 18.9 Å². The van der Waals surface area contributed by atoms with Gasteiger partial charge in [0.2, 0.25) is 0 Å². The van der Waals surface area contributed by atoms with Gasteiger partial charge in [0.25, 0.3) is 11.8 Å². The lowest BCUT2D eigenvalue weighted by atomic mass is 10.1. The molecule has 9 heteroatoms. The average Bonchev–Trinajstić information content (AvgIpc) is 2.94. The number of hydrogen-bond acceptors (Lipinski definition) is 6. The molecule has 38 heavy (non-hydrogen) atoms. The molecule has 8 nitrogen and oxygen atoms in total. The predicted octanol–water partition coefficient (Wildman–Crippen LogP) is 5.58. The van der Waals surface area contributed by atoms with Gasteiger partial charge in [-0.1, -0.05) is 35.9 Å². The normalized spacial score (nSPS) is 10.6. The molecule has 0 heterocycles. The van der Waals surface area contributed by atoms with Gasteiger partial charge < -0.3 is 14.8 Å². The maximum atomic E-state index is 12.7. The molecule has 0 saturated carbocycles. The zero-order chi connectivity index (χ0) is 26.9. The number of anilines is 1. The van der Waals surface area contributed by atoms with Crippen LogP contribution in [0.15, 0.2) is 102 Å². The summed E-state index contributed by atoms with van der Waals surface area (Å²) in [6, 6.07) is 26.3. The Balaban J connectivity index is 1.39. The van der Waals surface area contributed by atoms with Gasteiger partial charge >= 0.3 is 5.97 Å². The summed E-state index contributed by atoms with van der Waals surface area (Å²) in [6.07, 6.45) is 1.37. The van der Waals surface area contributed by atoms with Gasteiger partial charge in [-0.3, -0.25) is 9.59 Å². The summed E-state index contributed by atoms with van der Waals surface area (Å²) >= 11 is 5.87. The van der Waals surface area contributed by atoms with Crippen molar-refractivity contribution >= 4 is 41.3 Å². The summed E-state index contributed by atoms with van der Waals surface area (Å²) in [5, 5.41) is 7.26. The molecular weight excluding hydrogens is 506 g/mol. The molecule has 0 bridgehead atoms. The molecule has 0 aliphatic heterocycles. The van der Waals surface area contributed by atoms with Gasteiger partial charge in [-0.25, -0.2) is 10.2 Å². The number of hydrazone groups is 1. The van der Waals surface area contributed by atoms with Crippen LogP contribution in [-0.4, -0.2) is 31.1 Å². The first kappa shape index (κ1) is 26.1. The first-order chi connectivity index (χ1) is 18.4. The van der Waals surface area contributed by atoms with Crippen molar-refractivity contribution in [2.24, 2.45) is 5.10 Å². The minimum atomic E-state index is -0.556. The molecule has 0 aromatic heterocycles. The Bertz CT molecular complexity index is 1500. The Labute approximate surface area is 223 Å². The molecule has 0 spiro atoms. The van der Waals surface area contributed by atoms with Crippen molar-refractivity contribution < 1.29 is 23.9 Å². The van der Waals surface area contributed by atoms with Crippen LogP contribution in [0.5, 0.6) is 11.5 Å². The van der Waals surface area contributed by atoms with E-state index in [1.54, 1.807) is 91.0 Å². The number of methoxy groups -OCH3 is 1. The molecular formula is C29H22ClN3O5. The van der Waals surface area contributed by atoms with Crippen LogP contribution in [-0.2, 0) is 0 Å². The number of ether oxygens (including phenoxy) is 2. The van der Waals surface area contributed by atoms with Crippen molar-refractivity contribution in [3.8, 4) is 11.5 Å². The smallest absolute Gasteiger partial charge is 0.343 e. The van der Waals surface area contributed by atoms with Crippen LogP contribution in [0, 0.1) is 0 Å². The fourth-order valence-corrected chi connectivity index (χ4v) is 3.48. The standard InChI is InChI=1S/C29H22ClN3O5/c1-37-25-10-5-8-21(17-25)27(34)32-24-9-4-7-20(16-24)28(35)33-31-18-22-6-2-3-11-26(22)38-29(36)19-12-14-23(30)15-13-19/h2-18H,1H3,(H,32,34)(H,33,35). The molecule has 0 atom stereocenters. The maximum Gasteiger partial charge on any atom is 0.343 e. The van der Waals surface area contributed by atoms with E-state index < -0.39 is 11.9 Å². The molecule has 4 rings (SSSR count). The molecule has 0 radical (unpaired) electrons. The Hall–Kier alpha value is -4.95. The van der Waals surface area contributed by atoms with E-state index in [0.717, 1.165) is 0 Å². The second-order valence-electron chi connectivity index (χ2n) is 7.90. The van der Waals surface area contributed by atoms with Crippen LogP contribution in [0.3, 0.4) is 0 Å². The number of para-hydroxylation sites is 1. The lowest BCUT2D eigenvalue weighted by Gasteiger charge is -2.08. The zero-order valence-electron chi connectivity index (χ0n) is 20.2. The van der Waals surface area contributed by atoms with Crippen molar-refractivity contribution in [1.29, 1.82) is 0 Å². The molecule has 4 aromatic carbocycles. The maximum absolute atomic E-state index is 12.7. The van der Waals surface area contributed by atoms with E-state index in [9.17, 15) is 14.4 Å². The van der Waals surface area contributed by atoms with Gasteiger partial charge in [-0.15, -0.1) is 0 Å². The average molecular weight is 528 g/mol. The molecule has 0 aliphatic rings. The Morgan fingerprint density at radius 2 is 1.50 bits per heavy atom. The SMILES string of the molecule is COc1cccc(C(=O)Nc2cccc(C(=O)NN=Cc3ccccc3OC(=O)c3ccc(Cl)cc3)c2)c1. The first-order valence-electron chi connectivity index (χ1n) is 11.4. The highest BCUT2D eigenvalue weighted by atomic mass is 35.5. The third-order valence-electron chi connectivity index (χ3n) is 5.29. The summed E-state index contributed by atoms with van der Waals surface area (Å²) in [4.78, 5) is 37.7. The van der Waals surface area contributed by atoms with Crippen LogP contribution < -0.4 is 20.2 Å². The van der Waals surface area contributed by atoms with E-state index in [4.69, 9.17) is 21.1 Å². The van der Waals surface area contributed by atoms with E-state index >= 15 is 0 Å². The molecule has 0 saturated heterocycles. The van der Waals surface area contributed by atoms with Crippen molar-refractivity contribution in [1.82, 2.24) is 5.43 Å². The summed E-state index contributed by atoms with van der Waals surface area (Å²) in [5.74, 6) is -0.560. The highest BCUT2D eigenvalue weighted by Crippen LogP contribution is 2.19. The lowest BCUT2D eigenvalue weighted by Crippen LogP contribution is -2.18. The molecule has 2 N–H and O–H groups in total. The molecule has 0 fully saturated rings. The van der Waals surface area contributed by atoms with Crippen molar-refractivity contribution in [3.63, 3.8) is 0 Å². The Morgan fingerprint density at radius 3 is 2.26 bits per heavy atom. The Kier molecular flexibility index (Phi) is 8.48. The summed E-state index contributed by atoms with van der Waals surface area (Å²) in [7, 11) is 1.52. The van der Waals surface area contributed by atoms with Gasteiger partial charge in [0.1, 0.15) is 11.5 Å². The van der Waals surface area contributed by atoms with Crippen LogP contribution in [0.25, 0.3) is 0 Å².